The Balaban J connectivity index is 2.31. The zero-order valence-electron chi connectivity index (χ0n) is 10.4. The third-order valence-corrected chi connectivity index (χ3v) is 5.65. The van der Waals surface area contributed by atoms with E-state index in [9.17, 15) is 13.2 Å². The molecule has 1 aliphatic rings. The van der Waals surface area contributed by atoms with Gasteiger partial charge in [-0.2, -0.15) is 0 Å². The maximum absolute atomic E-state index is 12.1. The SMILES string of the molecule is COc1cccc2c1[nH]c(=O)n2C1CCCS1(=O)=O. The number of benzene rings is 1. The van der Waals surface area contributed by atoms with Gasteiger partial charge in [0, 0.05) is 0 Å². The predicted octanol–water partition coefficient (Wildman–Crippen LogP) is 1.05. The zero-order valence-corrected chi connectivity index (χ0v) is 11.2. The van der Waals surface area contributed by atoms with Crippen molar-refractivity contribution in [3.63, 3.8) is 0 Å². The molecular weight excluding hydrogens is 268 g/mol. The number of nitrogens with zero attached hydrogens (tertiary/aromatic N) is 1. The smallest absolute Gasteiger partial charge is 0.327 e. The summed E-state index contributed by atoms with van der Waals surface area (Å²) in [6, 6.07) is 5.20. The second-order valence-corrected chi connectivity index (χ2v) is 6.90. The number of imidazole rings is 1. The summed E-state index contributed by atoms with van der Waals surface area (Å²) < 4.78 is 30.5. The Morgan fingerprint density at radius 1 is 1.42 bits per heavy atom. The molecule has 1 fully saturated rings. The fourth-order valence-electron chi connectivity index (χ4n) is 2.64. The van der Waals surface area contributed by atoms with Gasteiger partial charge in [0.1, 0.15) is 16.6 Å². The lowest BCUT2D eigenvalue weighted by molar-refractivity contribution is 0.419. The standard InChI is InChI=1S/C12H14N2O4S/c1-18-9-5-2-4-8-11(9)13-12(15)14(8)10-6-3-7-19(10,16)17/h2,4-5,10H,3,6-7H2,1H3,(H,13,15). The van der Waals surface area contributed by atoms with Gasteiger partial charge >= 0.3 is 5.69 Å². The number of aromatic nitrogens is 2. The number of aromatic amines is 1. The van der Waals surface area contributed by atoms with Gasteiger partial charge in [0.25, 0.3) is 0 Å². The second-order valence-electron chi connectivity index (χ2n) is 4.62. The molecule has 6 nitrogen and oxygen atoms in total. The maximum atomic E-state index is 12.1. The van der Waals surface area contributed by atoms with Gasteiger partial charge in [-0.25, -0.2) is 13.2 Å². The summed E-state index contributed by atoms with van der Waals surface area (Å²) in [5.74, 6) is 0.671. The van der Waals surface area contributed by atoms with Crippen LogP contribution >= 0.6 is 0 Å². The number of methoxy groups -OCH3 is 1. The fourth-order valence-corrected chi connectivity index (χ4v) is 4.54. The van der Waals surface area contributed by atoms with Crippen LogP contribution in [0.5, 0.6) is 5.75 Å². The molecule has 0 radical (unpaired) electrons. The highest BCUT2D eigenvalue weighted by molar-refractivity contribution is 7.91. The normalized spacial score (nSPS) is 21.8. The molecule has 0 saturated carbocycles. The van der Waals surface area contributed by atoms with Gasteiger partial charge in [-0.1, -0.05) is 6.07 Å². The molecule has 1 aromatic heterocycles. The number of rotatable bonds is 2. The molecule has 2 heterocycles. The van der Waals surface area contributed by atoms with E-state index in [1.165, 1.54) is 11.7 Å². The molecule has 1 saturated heterocycles. The van der Waals surface area contributed by atoms with E-state index in [4.69, 9.17) is 4.74 Å². The van der Waals surface area contributed by atoms with Crippen LogP contribution in [0.15, 0.2) is 23.0 Å². The minimum Gasteiger partial charge on any atom is -0.494 e. The van der Waals surface area contributed by atoms with Crippen LogP contribution in [0.1, 0.15) is 18.2 Å². The minimum absolute atomic E-state index is 0.140. The lowest BCUT2D eigenvalue weighted by atomic mass is 10.3. The Bertz CT molecular complexity index is 788. The average molecular weight is 282 g/mol. The van der Waals surface area contributed by atoms with E-state index in [1.807, 2.05) is 0 Å². The van der Waals surface area contributed by atoms with Crippen molar-refractivity contribution >= 4 is 20.9 Å². The number of fused-ring (bicyclic) bond motifs is 1. The Kier molecular flexibility index (Phi) is 2.67. The molecule has 1 atom stereocenters. The number of sulfone groups is 1. The van der Waals surface area contributed by atoms with Crippen molar-refractivity contribution in [2.75, 3.05) is 12.9 Å². The van der Waals surface area contributed by atoms with Crippen LogP contribution in [-0.4, -0.2) is 30.8 Å². The second kappa shape index (κ2) is 4.12. The molecular formula is C12H14N2O4S. The quantitative estimate of drug-likeness (QED) is 0.892. The van der Waals surface area contributed by atoms with E-state index >= 15 is 0 Å². The molecule has 3 rings (SSSR count). The Labute approximate surface area is 109 Å². The van der Waals surface area contributed by atoms with Gasteiger partial charge in [0.2, 0.25) is 0 Å². The first-order valence-electron chi connectivity index (χ1n) is 6.03. The maximum Gasteiger partial charge on any atom is 0.327 e. The minimum atomic E-state index is -3.24. The summed E-state index contributed by atoms with van der Waals surface area (Å²) in [6.45, 7) is 0. The number of para-hydroxylation sites is 1. The number of H-pyrrole nitrogens is 1. The van der Waals surface area contributed by atoms with Gasteiger partial charge in [0.15, 0.2) is 9.84 Å². The number of hydrogen-bond acceptors (Lipinski definition) is 4. The molecule has 7 heteroatoms. The fraction of sp³-hybridized carbons (Fsp3) is 0.417. The van der Waals surface area contributed by atoms with Gasteiger partial charge < -0.3 is 9.72 Å². The molecule has 0 spiro atoms. The highest BCUT2D eigenvalue weighted by atomic mass is 32.2. The average Bonchev–Trinajstić information content (AvgIpc) is 2.87. The van der Waals surface area contributed by atoms with E-state index in [0.29, 0.717) is 29.6 Å². The van der Waals surface area contributed by atoms with Crippen molar-refractivity contribution in [1.82, 2.24) is 9.55 Å². The molecule has 19 heavy (non-hydrogen) atoms. The first-order valence-corrected chi connectivity index (χ1v) is 7.75. The van der Waals surface area contributed by atoms with Crippen molar-refractivity contribution in [2.24, 2.45) is 0 Å². The molecule has 0 amide bonds. The van der Waals surface area contributed by atoms with Crippen LogP contribution in [0.3, 0.4) is 0 Å². The van der Waals surface area contributed by atoms with Crippen molar-refractivity contribution < 1.29 is 13.2 Å². The zero-order chi connectivity index (χ0) is 13.6. The Morgan fingerprint density at radius 2 is 2.21 bits per heavy atom. The van der Waals surface area contributed by atoms with E-state index in [2.05, 4.69) is 4.98 Å². The topological polar surface area (TPSA) is 81.2 Å². The van der Waals surface area contributed by atoms with Gasteiger partial charge in [-0.15, -0.1) is 0 Å². The largest absolute Gasteiger partial charge is 0.494 e. The molecule has 0 bridgehead atoms. The molecule has 1 N–H and O–H groups in total. The van der Waals surface area contributed by atoms with Crippen molar-refractivity contribution in [1.29, 1.82) is 0 Å². The third-order valence-electron chi connectivity index (χ3n) is 3.52. The monoisotopic (exact) mass is 282 g/mol. The summed E-state index contributed by atoms with van der Waals surface area (Å²) in [5, 5.41) is -0.763. The number of hydrogen-bond donors (Lipinski definition) is 1. The summed E-state index contributed by atoms with van der Waals surface area (Å²) in [6.07, 6.45) is 1.07. The van der Waals surface area contributed by atoms with Crippen LogP contribution in [-0.2, 0) is 9.84 Å². The first kappa shape index (κ1) is 12.3. The van der Waals surface area contributed by atoms with E-state index < -0.39 is 20.9 Å². The van der Waals surface area contributed by atoms with Crippen LogP contribution in [0.25, 0.3) is 11.0 Å². The van der Waals surface area contributed by atoms with Crippen molar-refractivity contribution in [3.05, 3.63) is 28.7 Å². The van der Waals surface area contributed by atoms with E-state index in [1.54, 1.807) is 18.2 Å². The lowest BCUT2D eigenvalue weighted by Gasteiger charge is -2.11. The molecule has 2 aromatic rings. The summed E-state index contributed by atoms with van der Waals surface area (Å²) >= 11 is 0. The highest BCUT2D eigenvalue weighted by Gasteiger charge is 2.35. The van der Waals surface area contributed by atoms with Crippen LogP contribution < -0.4 is 10.4 Å². The van der Waals surface area contributed by atoms with Gasteiger partial charge in [-0.3, -0.25) is 4.57 Å². The highest BCUT2D eigenvalue weighted by Crippen LogP contribution is 2.32. The van der Waals surface area contributed by atoms with Gasteiger partial charge in [-0.05, 0) is 25.0 Å². The molecule has 1 unspecified atom stereocenters. The molecule has 1 aromatic carbocycles. The van der Waals surface area contributed by atoms with Gasteiger partial charge in [0.05, 0.1) is 18.4 Å². The van der Waals surface area contributed by atoms with Crippen LogP contribution in [0, 0.1) is 0 Å². The summed E-state index contributed by atoms with van der Waals surface area (Å²) in [7, 11) is -1.73. The molecule has 102 valence electrons. The summed E-state index contributed by atoms with van der Waals surface area (Å²) in [5.41, 5.74) is 0.701. The number of ether oxygens (including phenoxy) is 1. The Morgan fingerprint density at radius 3 is 2.84 bits per heavy atom. The lowest BCUT2D eigenvalue weighted by Crippen LogP contribution is -2.25. The van der Waals surface area contributed by atoms with Crippen molar-refractivity contribution in [2.45, 2.75) is 18.2 Å². The number of nitrogens with one attached hydrogen (secondary N) is 1. The van der Waals surface area contributed by atoms with Crippen LogP contribution in [0.2, 0.25) is 0 Å². The first-order chi connectivity index (χ1) is 9.04. The van der Waals surface area contributed by atoms with Crippen LogP contribution in [0.4, 0.5) is 0 Å². The Hall–Kier alpha value is -1.76. The van der Waals surface area contributed by atoms with E-state index in [-0.39, 0.29) is 5.75 Å². The van der Waals surface area contributed by atoms with E-state index in [0.717, 1.165) is 0 Å². The molecule has 1 aliphatic heterocycles. The predicted molar refractivity (Wildman–Crippen MR) is 71.2 cm³/mol. The molecule has 0 aliphatic carbocycles. The summed E-state index contributed by atoms with van der Waals surface area (Å²) in [4.78, 5) is 14.7. The third kappa shape index (κ3) is 1.76. The van der Waals surface area contributed by atoms with Crippen molar-refractivity contribution in [3.8, 4) is 5.75 Å².